The fourth-order valence-electron chi connectivity index (χ4n) is 2.31. The van der Waals surface area contributed by atoms with E-state index in [0.29, 0.717) is 19.5 Å². The highest BCUT2D eigenvalue weighted by molar-refractivity contribution is 9.10. The van der Waals surface area contributed by atoms with Gasteiger partial charge in [0.2, 0.25) is 0 Å². The predicted molar refractivity (Wildman–Crippen MR) is 99.4 cm³/mol. The minimum Gasteiger partial charge on any atom is -0.618 e. The lowest BCUT2D eigenvalue weighted by Gasteiger charge is -2.05. The Hall–Kier alpha value is -3.20. The van der Waals surface area contributed by atoms with Crippen molar-refractivity contribution in [3.63, 3.8) is 0 Å². The molecule has 0 amide bonds. The Labute approximate surface area is 156 Å². The van der Waals surface area contributed by atoms with E-state index >= 15 is 0 Å². The molecule has 0 aliphatic rings. The van der Waals surface area contributed by atoms with Crippen molar-refractivity contribution in [3.05, 3.63) is 68.7 Å². The molecule has 3 aromatic rings. The van der Waals surface area contributed by atoms with Gasteiger partial charge in [0, 0.05) is 12.1 Å². The number of methoxy groups -OCH3 is 1. The molecule has 132 valence electrons. The number of para-hydroxylation sites is 2. The molecule has 3 rings (SSSR count). The normalized spacial score (nSPS) is 11.6. The molecule has 1 aromatic heterocycles. The lowest BCUT2D eigenvalue weighted by Crippen LogP contribution is -2.41. The quantitative estimate of drug-likeness (QED) is 0.303. The number of benzene rings is 2. The van der Waals surface area contributed by atoms with Crippen molar-refractivity contribution in [1.29, 1.82) is 0 Å². The van der Waals surface area contributed by atoms with Crippen LogP contribution in [0.1, 0.15) is 11.3 Å². The lowest BCUT2D eigenvalue weighted by atomic mass is 10.2. The average Bonchev–Trinajstić information content (AvgIpc) is 2.65. The van der Waals surface area contributed by atoms with Crippen LogP contribution in [0.4, 0.5) is 0 Å². The lowest BCUT2D eigenvalue weighted by molar-refractivity contribution is -0.629. The first-order chi connectivity index (χ1) is 12.5. The Balaban J connectivity index is 1.87. The average molecular weight is 417 g/mol. The number of hydrogen-bond acceptors (Lipinski definition) is 6. The minimum atomic E-state index is -0.0169. The molecule has 0 saturated heterocycles. The van der Waals surface area contributed by atoms with Crippen molar-refractivity contribution in [2.24, 2.45) is 10.2 Å². The summed E-state index contributed by atoms with van der Waals surface area (Å²) in [5, 5.41) is 41.7. The van der Waals surface area contributed by atoms with Crippen molar-refractivity contribution >= 4 is 39.4 Å². The molecule has 0 unspecified atom stereocenters. The topological polar surface area (TPSA) is 108 Å². The summed E-state index contributed by atoms with van der Waals surface area (Å²) in [5.74, 6) is 0.265. The summed E-state index contributed by atoms with van der Waals surface area (Å²) in [6.45, 7) is 0. The van der Waals surface area contributed by atoms with Crippen LogP contribution in [0.3, 0.4) is 0 Å². The number of hydrogen-bond donors (Lipinski definition) is 1. The molecule has 0 aliphatic heterocycles. The Morgan fingerprint density at radius 1 is 1.12 bits per heavy atom. The van der Waals surface area contributed by atoms with Gasteiger partial charge in [0.1, 0.15) is 6.21 Å². The van der Waals surface area contributed by atoms with Crippen LogP contribution >= 0.6 is 15.9 Å². The van der Waals surface area contributed by atoms with Gasteiger partial charge in [0.15, 0.2) is 11.5 Å². The number of phenols is 1. The summed E-state index contributed by atoms with van der Waals surface area (Å²) in [6.07, 6.45) is 3.75. The Morgan fingerprint density at radius 3 is 2.54 bits per heavy atom. The molecular weight excluding hydrogens is 404 g/mol. The van der Waals surface area contributed by atoms with Crippen LogP contribution in [0.25, 0.3) is 11.0 Å². The van der Waals surface area contributed by atoms with E-state index in [4.69, 9.17) is 4.74 Å². The fourth-order valence-corrected chi connectivity index (χ4v) is 2.77. The third kappa shape index (κ3) is 3.42. The summed E-state index contributed by atoms with van der Waals surface area (Å²) >= 11 is 3.21. The minimum absolute atomic E-state index is 0.0169. The van der Waals surface area contributed by atoms with Crippen molar-refractivity contribution in [2.75, 3.05) is 7.11 Å². The largest absolute Gasteiger partial charge is 0.618 e. The van der Waals surface area contributed by atoms with E-state index in [1.54, 1.807) is 36.4 Å². The summed E-state index contributed by atoms with van der Waals surface area (Å²) in [6, 6.07) is 9.68. The third-order valence-corrected chi connectivity index (χ3v) is 4.16. The predicted octanol–water partition coefficient (Wildman–Crippen LogP) is 2.04. The second kappa shape index (κ2) is 7.36. The molecule has 0 radical (unpaired) electrons. The van der Waals surface area contributed by atoms with E-state index < -0.39 is 0 Å². The molecule has 0 atom stereocenters. The van der Waals surface area contributed by atoms with Crippen LogP contribution in [0.15, 0.2) is 57.3 Å². The van der Waals surface area contributed by atoms with Crippen LogP contribution in [-0.4, -0.2) is 24.6 Å². The first-order valence-electron chi connectivity index (χ1n) is 7.38. The fraction of sp³-hybridized carbons (Fsp3) is 0.0588. The Kier molecular flexibility index (Phi) is 4.99. The molecule has 8 nitrogen and oxygen atoms in total. The van der Waals surface area contributed by atoms with Crippen LogP contribution in [0, 0.1) is 10.4 Å². The first-order valence-corrected chi connectivity index (χ1v) is 8.18. The molecule has 0 spiro atoms. The summed E-state index contributed by atoms with van der Waals surface area (Å²) in [7, 11) is 1.44. The van der Waals surface area contributed by atoms with E-state index in [2.05, 4.69) is 26.1 Å². The molecule has 0 aliphatic carbocycles. The molecule has 26 heavy (non-hydrogen) atoms. The van der Waals surface area contributed by atoms with E-state index in [1.807, 2.05) is 0 Å². The number of nitrogens with zero attached hydrogens (tertiary/aromatic N) is 4. The van der Waals surface area contributed by atoms with Crippen molar-refractivity contribution in [1.82, 2.24) is 0 Å². The zero-order chi connectivity index (χ0) is 18.7. The monoisotopic (exact) mass is 416 g/mol. The zero-order valence-electron chi connectivity index (χ0n) is 13.5. The summed E-state index contributed by atoms with van der Waals surface area (Å²) in [5.41, 5.74) is 1.18. The SMILES string of the molecule is COc1cc(/C=N/N=C/c2c[n+]([O-])c3ccccc3[n+]2[O-])cc(Br)c1O. The second-order valence-electron chi connectivity index (χ2n) is 5.21. The van der Waals surface area contributed by atoms with Gasteiger partial charge in [-0.1, -0.05) is 12.1 Å². The van der Waals surface area contributed by atoms with Crippen LogP contribution in [-0.2, 0) is 0 Å². The summed E-state index contributed by atoms with van der Waals surface area (Å²) in [4.78, 5) is 0. The van der Waals surface area contributed by atoms with Gasteiger partial charge in [-0.3, -0.25) is 0 Å². The molecule has 2 aromatic carbocycles. The number of aromatic hydroxyl groups is 1. The van der Waals surface area contributed by atoms with Gasteiger partial charge in [-0.2, -0.15) is 19.7 Å². The van der Waals surface area contributed by atoms with Gasteiger partial charge in [0.05, 0.1) is 17.8 Å². The van der Waals surface area contributed by atoms with E-state index in [-0.39, 0.29) is 28.2 Å². The molecule has 0 saturated carbocycles. The maximum Gasteiger partial charge on any atom is 0.302 e. The number of aromatic nitrogens is 2. The number of phenolic OH excluding ortho intramolecular Hbond substituents is 1. The highest BCUT2D eigenvalue weighted by atomic mass is 79.9. The Bertz CT molecular complexity index is 1040. The van der Waals surface area contributed by atoms with Gasteiger partial charge in [-0.15, -0.1) is 0 Å². The highest BCUT2D eigenvalue weighted by Gasteiger charge is 2.17. The summed E-state index contributed by atoms with van der Waals surface area (Å²) < 4.78 is 6.72. The molecule has 0 bridgehead atoms. The highest BCUT2D eigenvalue weighted by Crippen LogP contribution is 2.34. The number of halogens is 1. The van der Waals surface area contributed by atoms with Crippen LogP contribution in [0.5, 0.6) is 11.5 Å². The van der Waals surface area contributed by atoms with Gasteiger partial charge >= 0.3 is 5.69 Å². The molecule has 1 N–H and O–H groups in total. The van der Waals surface area contributed by atoms with Gasteiger partial charge < -0.3 is 20.3 Å². The van der Waals surface area contributed by atoms with Crippen LogP contribution in [0.2, 0.25) is 0 Å². The number of fused-ring (bicyclic) bond motifs is 1. The molecule has 1 heterocycles. The van der Waals surface area contributed by atoms with Gasteiger partial charge in [-0.05, 0) is 33.6 Å². The number of ether oxygens (including phenoxy) is 1. The standard InChI is InChI=1S/C17H13BrN4O4/c1-26-16-7-11(6-13(18)17(16)23)8-19-20-9-12-10-21(24)14-4-2-3-5-15(14)22(12)25/h2-10,23H,1H3/b19-8+,20-9+. The van der Waals surface area contributed by atoms with Crippen molar-refractivity contribution < 1.29 is 19.3 Å². The molecule has 0 fully saturated rings. The van der Waals surface area contributed by atoms with Crippen LogP contribution < -0.4 is 14.2 Å². The maximum atomic E-state index is 12.3. The Morgan fingerprint density at radius 2 is 1.81 bits per heavy atom. The van der Waals surface area contributed by atoms with E-state index in [9.17, 15) is 15.5 Å². The van der Waals surface area contributed by atoms with Crippen molar-refractivity contribution in [3.8, 4) is 11.5 Å². The third-order valence-electron chi connectivity index (χ3n) is 3.56. The molecule has 9 heteroatoms. The van der Waals surface area contributed by atoms with E-state index in [0.717, 1.165) is 6.20 Å². The van der Waals surface area contributed by atoms with Gasteiger partial charge in [0.25, 0.3) is 17.2 Å². The van der Waals surface area contributed by atoms with Crippen molar-refractivity contribution in [2.45, 2.75) is 0 Å². The van der Waals surface area contributed by atoms with E-state index in [1.165, 1.54) is 19.5 Å². The second-order valence-corrected chi connectivity index (χ2v) is 6.06. The maximum absolute atomic E-state index is 12.3. The smallest absolute Gasteiger partial charge is 0.302 e. The van der Waals surface area contributed by atoms with Gasteiger partial charge in [-0.25, -0.2) is 0 Å². The number of rotatable bonds is 4. The zero-order valence-corrected chi connectivity index (χ0v) is 15.1. The first kappa shape index (κ1) is 17.6. The molecular formula is C17H13BrN4O4.